The zero-order valence-electron chi connectivity index (χ0n) is 12.9. The Bertz CT molecular complexity index is 713. The summed E-state index contributed by atoms with van der Waals surface area (Å²) >= 11 is 5.09. The van der Waals surface area contributed by atoms with Crippen LogP contribution in [0.3, 0.4) is 0 Å². The third-order valence-electron chi connectivity index (χ3n) is 4.01. The highest BCUT2D eigenvalue weighted by molar-refractivity contribution is 9.10. The van der Waals surface area contributed by atoms with Crippen molar-refractivity contribution in [3.63, 3.8) is 0 Å². The topological polar surface area (TPSA) is 49.0 Å². The Labute approximate surface area is 148 Å². The fourth-order valence-corrected chi connectivity index (χ4v) is 4.16. The summed E-state index contributed by atoms with van der Waals surface area (Å²) in [6.07, 6.45) is 5.49. The fourth-order valence-electron chi connectivity index (χ4n) is 2.71. The first-order chi connectivity index (χ1) is 11.2. The average Bonchev–Trinajstić information content (AvgIpc) is 2.57. The van der Waals surface area contributed by atoms with Crippen molar-refractivity contribution in [3.8, 4) is 0 Å². The van der Waals surface area contributed by atoms with Crippen molar-refractivity contribution < 1.29 is 0 Å². The molecule has 4 nitrogen and oxygen atoms in total. The van der Waals surface area contributed by atoms with E-state index in [1.807, 2.05) is 18.2 Å². The lowest BCUT2D eigenvalue weighted by atomic mass is 10.1. The molecule has 0 spiro atoms. The van der Waals surface area contributed by atoms with Crippen LogP contribution in [0.4, 0.5) is 0 Å². The summed E-state index contributed by atoms with van der Waals surface area (Å²) in [5.74, 6) is 0.774. The number of halogens is 1. The highest BCUT2D eigenvalue weighted by Gasteiger charge is 2.13. The molecule has 0 amide bonds. The molecule has 1 saturated heterocycles. The second kappa shape index (κ2) is 8.13. The van der Waals surface area contributed by atoms with Crippen LogP contribution < -0.4 is 5.56 Å². The first kappa shape index (κ1) is 16.7. The van der Waals surface area contributed by atoms with E-state index < -0.39 is 0 Å². The number of thioether (sulfide) groups is 1. The summed E-state index contributed by atoms with van der Waals surface area (Å²) in [7, 11) is 0. The largest absolute Gasteiger partial charge is 0.301 e. The van der Waals surface area contributed by atoms with Gasteiger partial charge in [0, 0.05) is 28.5 Å². The van der Waals surface area contributed by atoms with Gasteiger partial charge in [-0.1, -0.05) is 52.3 Å². The molecule has 1 aromatic heterocycles. The van der Waals surface area contributed by atoms with E-state index in [0.717, 1.165) is 28.9 Å². The number of rotatable bonds is 5. The molecule has 0 bridgehead atoms. The van der Waals surface area contributed by atoms with Gasteiger partial charge in [-0.2, -0.15) is 0 Å². The minimum absolute atomic E-state index is 0.0137. The number of nitrogens with zero attached hydrogens (tertiary/aromatic N) is 2. The van der Waals surface area contributed by atoms with Crippen LogP contribution in [-0.2, 0) is 12.3 Å². The molecule has 6 heteroatoms. The van der Waals surface area contributed by atoms with Crippen LogP contribution in [0.1, 0.15) is 30.4 Å². The molecule has 0 radical (unpaired) electrons. The molecule has 1 fully saturated rings. The third kappa shape index (κ3) is 4.68. The van der Waals surface area contributed by atoms with E-state index in [-0.39, 0.29) is 5.56 Å². The van der Waals surface area contributed by atoms with Gasteiger partial charge in [0.05, 0.1) is 0 Å². The molecule has 122 valence electrons. The predicted octanol–water partition coefficient (Wildman–Crippen LogP) is 3.81. The summed E-state index contributed by atoms with van der Waals surface area (Å²) in [6, 6.07) is 8.10. The lowest BCUT2D eigenvalue weighted by Gasteiger charge is -2.25. The van der Waals surface area contributed by atoms with Crippen LogP contribution in [0.5, 0.6) is 0 Å². The SMILES string of the molecule is O=c1[nH]c(SCc2ccccc2Br)ncc1CN1CCCCC1. The highest BCUT2D eigenvalue weighted by atomic mass is 79.9. The van der Waals surface area contributed by atoms with E-state index in [1.54, 1.807) is 18.0 Å². The molecule has 1 aliphatic heterocycles. The van der Waals surface area contributed by atoms with Crippen LogP contribution >= 0.6 is 27.7 Å². The van der Waals surface area contributed by atoms with Gasteiger partial charge in [-0.25, -0.2) is 4.98 Å². The maximum atomic E-state index is 12.2. The van der Waals surface area contributed by atoms with Crippen LogP contribution in [0.25, 0.3) is 0 Å². The molecule has 1 aliphatic rings. The molecular weight excluding hydrogens is 374 g/mol. The van der Waals surface area contributed by atoms with E-state index in [4.69, 9.17) is 0 Å². The van der Waals surface area contributed by atoms with Crippen LogP contribution in [-0.4, -0.2) is 28.0 Å². The second-order valence-electron chi connectivity index (χ2n) is 5.76. The van der Waals surface area contributed by atoms with E-state index >= 15 is 0 Å². The summed E-state index contributed by atoms with van der Waals surface area (Å²) < 4.78 is 1.08. The molecule has 2 heterocycles. The smallest absolute Gasteiger partial charge is 0.256 e. The van der Waals surface area contributed by atoms with Gasteiger partial charge in [-0.3, -0.25) is 9.69 Å². The van der Waals surface area contributed by atoms with Crippen molar-refractivity contribution in [3.05, 3.63) is 56.4 Å². The predicted molar refractivity (Wildman–Crippen MR) is 97.7 cm³/mol. The molecule has 0 aliphatic carbocycles. The zero-order chi connectivity index (χ0) is 16.1. The maximum absolute atomic E-state index is 12.2. The van der Waals surface area contributed by atoms with Gasteiger partial charge in [-0.15, -0.1) is 0 Å². The van der Waals surface area contributed by atoms with Crippen molar-refractivity contribution in [2.24, 2.45) is 0 Å². The molecule has 1 aromatic carbocycles. The number of nitrogens with one attached hydrogen (secondary N) is 1. The molecule has 0 saturated carbocycles. The number of likely N-dealkylation sites (tertiary alicyclic amines) is 1. The van der Waals surface area contributed by atoms with Crippen LogP contribution in [0, 0.1) is 0 Å². The van der Waals surface area contributed by atoms with Crippen LogP contribution in [0.2, 0.25) is 0 Å². The van der Waals surface area contributed by atoms with Gasteiger partial charge in [0.1, 0.15) is 0 Å². The summed E-state index contributed by atoms with van der Waals surface area (Å²) in [5.41, 5.74) is 1.94. The monoisotopic (exact) mass is 393 g/mol. The summed E-state index contributed by atoms with van der Waals surface area (Å²) in [6.45, 7) is 2.87. The van der Waals surface area contributed by atoms with Crippen molar-refractivity contribution in [2.45, 2.75) is 36.7 Å². The Morgan fingerprint density at radius 3 is 2.70 bits per heavy atom. The van der Waals surface area contributed by atoms with Crippen molar-refractivity contribution in [1.82, 2.24) is 14.9 Å². The van der Waals surface area contributed by atoms with Gasteiger partial charge in [0.2, 0.25) is 0 Å². The summed E-state index contributed by atoms with van der Waals surface area (Å²) in [4.78, 5) is 21.9. The Kier molecular flexibility index (Phi) is 5.91. The Morgan fingerprint density at radius 1 is 1.17 bits per heavy atom. The third-order valence-corrected chi connectivity index (χ3v) is 5.72. The van der Waals surface area contributed by atoms with Gasteiger partial charge in [-0.05, 0) is 37.6 Å². The van der Waals surface area contributed by atoms with Crippen molar-refractivity contribution in [2.75, 3.05) is 13.1 Å². The normalized spacial score (nSPS) is 15.7. The Morgan fingerprint density at radius 2 is 1.96 bits per heavy atom. The highest BCUT2D eigenvalue weighted by Crippen LogP contribution is 2.24. The molecular formula is C17H20BrN3OS. The fraction of sp³-hybridized carbons (Fsp3) is 0.412. The number of aromatic nitrogens is 2. The van der Waals surface area contributed by atoms with Crippen molar-refractivity contribution >= 4 is 27.7 Å². The number of benzene rings is 1. The number of aromatic amines is 1. The standard InChI is InChI=1S/C17H20BrN3OS/c18-15-7-3-2-6-13(15)12-23-17-19-10-14(16(22)20-17)11-21-8-4-1-5-9-21/h2-3,6-7,10H,1,4-5,8-9,11-12H2,(H,19,20,22). The molecule has 3 rings (SSSR count). The minimum Gasteiger partial charge on any atom is -0.301 e. The maximum Gasteiger partial charge on any atom is 0.256 e. The van der Waals surface area contributed by atoms with Gasteiger partial charge in [0.15, 0.2) is 5.16 Å². The lowest BCUT2D eigenvalue weighted by Crippen LogP contribution is -2.31. The van der Waals surface area contributed by atoms with Gasteiger partial charge >= 0.3 is 0 Å². The molecule has 0 atom stereocenters. The van der Waals surface area contributed by atoms with Crippen molar-refractivity contribution in [1.29, 1.82) is 0 Å². The lowest BCUT2D eigenvalue weighted by molar-refractivity contribution is 0.219. The number of hydrogen-bond donors (Lipinski definition) is 1. The molecule has 1 N–H and O–H groups in total. The second-order valence-corrected chi connectivity index (χ2v) is 7.58. The Balaban J connectivity index is 1.62. The van der Waals surface area contributed by atoms with E-state index in [0.29, 0.717) is 11.7 Å². The van der Waals surface area contributed by atoms with Gasteiger partial charge < -0.3 is 4.98 Å². The average molecular weight is 394 g/mol. The Hall–Kier alpha value is -1.11. The number of hydrogen-bond acceptors (Lipinski definition) is 4. The van der Waals surface area contributed by atoms with Crippen LogP contribution in [0.15, 0.2) is 44.9 Å². The summed E-state index contributed by atoms with van der Waals surface area (Å²) in [5, 5.41) is 0.674. The first-order valence-electron chi connectivity index (χ1n) is 7.89. The van der Waals surface area contributed by atoms with E-state index in [9.17, 15) is 4.79 Å². The van der Waals surface area contributed by atoms with E-state index in [2.05, 4.69) is 36.9 Å². The number of piperidine rings is 1. The van der Waals surface area contributed by atoms with E-state index in [1.165, 1.54) is 24.8 Å². The molecule has 23 heavy (non-hydrogen) atoms. The zero-order valence-corrected chi connectivity index (χ0v) is 15.3. The molecule has 2 aromatic rings. The quantitative estimate of drug-likeness (QED) is 0.619. The number of H-pyrrole nitrogens is 1. The molecule has 0 unspecified atom stereocenters. The van der Waals surface area contributed by atoms with Gasteiger partial charge in [0.25, 0.3) is 5.56 Å². The minimum atomic E-state index is -0.0137. The first-order valence-corrected chi connectivity index (χ1v) is 9.67.